The zero-order valence-corrected chi connectivity index (χ0v) is 16.0. The molecule has 0 radical (unpaired) electrons. The highest BCUT2D eigenvalue weighted by Crippen LogP contribution is 2.23. The van der Waals surface area contributed by atoms with Crippen LogP contribution in [0, 0.1) is 5.82 Å². The van der Waals surface area contributed by atoms with E-state index in [-0.39, 0.29) is 11.3 Å². The average Bonchev–Trinajstić information content (AvgIpc) is 2.71. The van der Waals surface area contributed by atoms with Gasteiger partial charge in [0.25, 0.3) is 5.91 Å². The molecule has 0 spiro atoms. The number of ether oxygens (including phenoxy) is 1. The standard InChI is InChI=1S/C21H14BrFN2O3/c22-17-8-11-19(28-21(27)15-4-2-1-3-5-15)16(12-17)13-24-25-20(26)14-6-9-18(23)10-7-14/h1-13H,(H,25,26)/b24-13-. The number of benzene rings is 3. The van der Waals surface area contributed by atoms with Crippen molar-refractivity contribution >= 4 is 34.0 Å². The maximum atomic E-state index is 12.9. The van der Waals surface area contributed by atoms with Gasteiger partial charge < -0.3 is 4.74 Å². The normalized spacial score (nSPS) is 10.6. The van der Waals surface area contributed by atoms with Crippen LogP contribution in [-0.4, -0.2) is 18.1 Å². The molecular weight excluding hydrogens is 427 g/mol. The number of rotatable bonds is 5. The maximum absolute atomic E-state index is 12.9. The molecule has 0 atom stereocenters. The lowest BCUT2D eigenvalue weighted by Crippen LogP contribution is -2.17. The van der Waals surface area contributed by atoms with Crippen molar-refractivity contribution in [2.75, 3.05) is 0 Å². The summed E-state index contributed by atoms with van der Waals surface area (Å²) in [7, 11) is 0. The Morgan fingerprint density at radius 1 is 0.964 bits per heavy atom. The third-order valence-electron chi connectivity index (χ3n) is 3.66. The van der Waals surface area contributed by atoms with Gasteiger partial charge in [0.05, 0.1) is 11.8 Å². The van der Waals surface area contributed by atoms with Crippen LogP contribution in [0.5, 0.6) is 5.75 Å². The highest BCUT2D eigenvalue weighted by atomic mass is 79.9. The predicted molar refractivity (Wildman–Crippen MR) is 107 cm³/mol. The number of halogens is 2. The molecule has 3 rings (SSSR count). The van der Waals surface area contributed by atoms with E-state index < -0.39 is 17.7 Å². The van der Waals surface area contributed by atoms with Crippen molar-refractivity contribution < 1.29 is 18.7 Å². The predicted octanol–water partition coefficient (Wildman–Crippen LogP) is 4.57. The molecule has 0 fully saturated rings. The Hall–Kier alpha value is -3.32. The number of nitrogens with zero attached hydrogens (tertiary/aromatic N) is 1. The highest BCUT2D eigenvalue weighted by Gasteiger charge is 2.11. The van der Waals surface area contributed by atoms with Gasteiger partial charge in [-0.25, -0.2) is 14.6 Å². The molecule has 0 aliphatic rings. The van der Waals surface area contributed by atoms with Crippen LogP contribution in [0.1, 0.15) is 26.3 Å². The molecule has 3 aromatic carbocycles. The fraction of sp³-hybridized carbons (Fsp3) is 0. The molecule has 7 heteroatoms. The van der Waals surface area contributed by atoms with Gasteiger partial charge in [-0.1, -0.05) is 34.1 Å². The van der Waals surface area contributed by atoms with Crippen LogP contribution in [0.15, 0.2) is 82.4 Å². The summed E-state index contributed by atoms with van der Waals surface area (Å²) in [5, 5.41) is 3.89. The topological polar surface area (TPSA) is 67.8 Å². The summed E-state index contributed by atoms with van der Waals surface area (Å²) >= 11 is 3.35. The van der Waals surface area contributed by atoms with Gasteiger partial charge in [-0.3, -0.25) is 4.79 Å². The van der Waals surface area contributed by atoms with Crippen LogP contribution >= 0.6 is 15.9 Å². The molecule has 0 aromatic heterocycles. The average molecular weight is 441 g/mol. The minimum Gasteiger partial charge on any atom is -0.422 e. The molecule has 140 valence electrons. The van der Waals surface area contributed by atoms with Crippen LogP contribution in [0.25, 0.3) is 0 Å². The van der Waals surface area contributed by atoms with E-state index in [4.69, 9.17) is 4.74 Å². The Morgan fingerprint density at radius 2 is 1.68 bits per heavy atom. The number of hydrogen-bond donors (Lipinski definition) is 1. The molecular formula is C21H14BrFN2O3. The van der Waals surface area contributed by atoms with E-state index in [0.717, 1.165) is 4.47 Å². The third kappa shape index (κ3) is 5.11. The molecule has 0 saturated carbocycles. The molecule has 0 bridgehead atoms. The Balaban J connectivity index is 1.73. The molecule has 0 unspecified atom stereocenters. The van der Waals surface area contributed by atoms with Gasteiger partial charge in [0.1, 0.15) is 11.6 Å². The Labute approximate surface area is 169 Å². The van der Waals surface area contributed by atoms with Crippen LogP contribution in [-0.2, 0) is 0 Å². The summed E-state index contributed by atoms with van der Waals surface area (Å²) in [5.74, 6) is -1.14. The van der Waals surface area contributed by atoms with E-state index in [0.29, 0.717) is 11.1 Å². The lowest BCUT2D eigenvalue weighted by Gasteiger charge is -2.08. The first kappa shape index (κ1) is 19.4. The van der Waals surface area contributed by atoms with Crippen molar-refractivity contribution in [1.29, 1.82) is 0 Å². The summed E-state index contributed by atoms with van der Waals surface area (Å²) in [5.41, 5.74) is 3.52. The quantitative estimate of drug-likeness (QED) is 0.273. The Kier molecular flexibility index (Phi) is 6.29. The van der Waals surface area contributed by atoms with Crippen molar-refractivity contribution in [3.8, 4) is 5.75 Å². The van der Waals surface area contributed by atoms with Gasteiger partial charge in [-0.2, -0.15) is 5.10 Å². The van der Waals surface area contributed by atoms with Crippen LogP contribution in [0.3, 0.4) is 0 Å². The van der Waals surface area contributed by atoms with Crippen molar-refractivity contribution in [2.24, 2.45) is 5.10 Å². The number of hydrazone groups is 1. The number of amides is 1. The van der Waals surface area contributed by atoms with Crippen molar-refractivity contribution in [2.45, 2.75) is 0 Å². The highest BCUT2D eigenvalue weighted by molar-refractivity contribution is 9.10. The summed E-state index contributed by atoms with van der Waals surface area (Å²) in [6.07, 6.45) is 1.36. The van der Waals surface area contributed by atoms with Crippen molar-refractivity contribution in [3.05, 3.63) is 99.8 Å². The smallest absolute Gasteiger partial charge is 0.343 e. The third-order valence-corrected chi connectivity index (χ3v) is 4.15. The summed E-state index contributed by atoms with van der Waals surface area (Å²) in [4.78, 5) is 24.3. The molecule has 1 N–H and O–H groups in total. The first-order valence-corrected chi connectivity index (χ1v) is 8.98. The first-order valence-electron chi connectivity index (χ1n) is 8.19. The number of carbonyl (C=O) groups is 2. The van der Waals surface area contributed by atoms with Gasteiger partial charge in [-0.05, 0) is 54.6 Å². The SMILES string of the molecule is O=C(N/N=C\c1cc(Br)ccc1OC(=O)c1ccccc1)c1ccc(F)cc1. The van der Waals surface area contributed by atoms with E-state index in [1.54, 1.807) is 48.5 Å². The lowest BCUT2D eigenvalue weighted by molar-refractivity contribution is 0.0734. The molecule has 5 nitrogen and oxygen atoms in total. The van der Waals surface area contributed by atoms with Gasteiger partial charge in [0, 0.05) is 15.6 Å². The van der Waals surface area contributed by atoms with E-state index in [9.17, 15) is 14.0 Å². The lowest BCUT2D eigenvalue weighted by atomic mass is 10.2. The van der Waals surface area contributed by atoms with E-state index >= 15 is 0 Å². The maximum Gasteiger partial charge on any atom is 0.343 e. The van der Waals surface area contributed by atoms with Crippen molar-refractivity contribution in [3.63, 3.8) is 0 Å². The molecule has 1 amide bonds. The molecule has 0 aliphatic heterocycles. The monoisotopic (exact) mass is 440 g/mol. The van der Waals surface area contributed by atoms with E-state index in [1.165, 1.54) is 30.5 Å². The number of esters is 1. The van der Waals surface area contributed by atoms with Gasteiger partial charge >= 0.3 is 5.97 Å². The zero-order valence-electron chi connectivity index (χ0n) is 14.4. The fourth-order valence-corrected chi connectivity index (χ4v) is 2.65. The summed E-state index contributed by atoms with van der Waals surface area (Å²) in [6, 6.07) is 18.7. The second kappa shape index (κ2) is 9.05. The van der Waals surface area contributed by atoms with Crippen LogP contribution in [0.4, 0.5) is 4.39 Å². The zero-order chi connectivity index (χ0) is 19.9. The summed E-state index contributed by atoms with van der Waals surface area (Å²) in [6.45, 7) is 0. The fourth-order valence-electron chi connectivity index (χ4n) is 2.27. The largest absolute Gasteiger partial charge is 0.422 e. The summed E-state index contributed by atoms with van der Waals surface area (Å²) < 4.78 is 19.1. The minimum absolute atomic E-state index is 0.267. The molecule has 0 aliphatic carbocycles. The Morgan fingerprint density at radius 3 is 2.39 bits per heavy atom. The first-order chi connectivity index (χ1) is 13.5. The Bertz CT molecular complexity index is 1020. The van der Waals surface area contributed by atoms with Gasteiger partial charge in [0.2, 0.25) is 0 Å². The minimum atomic E-state index is -0.507. The van der Waals surface area contributed by atoms with Crippen molar-refractivity contribution in [1.82, 2.24) is 5.43 Å². The molecule has 0 heterocycles. The molecule has 3 aromatic rings. The van der Waals surface area contributed by atoms with Gasteiger partial charge in [-0.15, -0.1) is 0 Å². The van der Waals surface area contributed by atoms with Gasteiger partial charge in [0.15, 0.2) is 0 Å². The van der Waals surface area contributed by atoms with E-state index in [1.807, 2.05) is 0 Å². The second-order valence-electron chi connectivity index (χ2n) is 5.64. The van der Waals surface area contributed by atoms with Crippen LogP contribution in [0.2, 0.25) is 0 Å². The number of hydrogen-bond acceptors (Lipinski definition) is 4. The van der Waals surface area contributed by atoms with Crippen LogP contribution < -0.4 is 10.2 Å². The number of carbonyl (C=O) groups excluding carboxylic acids is 2. The second-order valence-corrected chi connectivity index (χ2v) is 6.56. The van der Waals surface area contributed by atoms with E-state index in [2.05, 4.69) is 26.5 Å². The molecule has 0 saturated heterocycles. The molecule has 28 heavy (non-hydrogen) atoms. The number of nitrogens with one attached hydrogen (secondary N) is 1.